The van der Waals surface area contributed by atoms with E-state index in [0.717, 1.165) is 16.3 Å². The van der Waals surface area contributed by atoms with Crippen molar-refractivity contribution >= 4 is 17.0 Å². The molecule has 1 atom stereocenters. The van der Waals surface area contributed by atoms with Crippen molar-refractivity contribution in [1.29, 1.82) is 0 Å². The van der Waals surface area contributed by atoms with Gasteiger partial charge in [0.2, 0.25) is 0 Å². The Morgan fingerprint density at radius 3 is 2.50 bits per heavy atom. The molecule has 1 saturated carbocycles. The van der Waals surface area contributed by atoms with E-state index in [1.54, 1.807) is 18.3 Å². The minimum atomic E-state index is -0.498. The molecule has 106 valence electrons. The molecule has 1 aliphatic rings. The zero-order chi connectivity index (χ0) is 14.1. The number of thiazole rings is 1. The molecule has 3 rings (SSSR count). The summed E-state index contributed by atoms with van der Waals surface area (Å²) in [5, 5.41) is 10.6. The van der Waals surface area contributed by atoms with Crippen LogP contribution in [0.4, 0.5) is 5.69 Å². The highest BCUT2D eigenvalue weighted by Crippen LogP contribution is 2.42. The highest BCUT2D eigenvalue weighted by Gasteiger charge is 2.25. The van der Waals surface area contributed by atoms with Crippen LogP contribution in [-0.4, -0.2) is 10.1 Å². The van der Waals surface area contributed by atoms with Gasteiger partial charge in [0.15, 0.2) is 0 Å². The molecule has 1 aromatic heterocycles. The van der Waals surface area contributed by atoms with E-state index in [2.05, 4.69) is 0 Å². The van der Waals surface area contributed by atoms with Gasteiger partial charge in [-0.2, -0.15) is 0 Å². The molecule has 0 saturated heterocycles. The van der Waals surface area contributed by atoms with Crippen LogP contribution in [0.3, 0.4) is 0 Å². The van der Waals surface area contributed by atoms with Crippen LogP contribution in [0, 0.1) is 0 Å². The summed E-state index contributed by atoms with van der Waals surface area (Å²) in [4.78, 5) is 5.93. The van der Waals surface area contributed by atoms with Crippen molar-refractivity contribution in [1.82, 2.24) is 4.98 Å². The average Bonchev–Trinajstić information content (AvgIpc) is 3.08. The van der Waals surface area contributed by atoms with Crippen LogP contribution in [-0.2, 0) is 0 Å². The molecular formula is C16H20N2OS. The maximum atomic E-state index is 9.82. The van der Waals surface area contributed by atoms with Gasteiger partial charge in [-0.1, -0.05) is 25.0 Å². The predicted molar refractivity (Wildman–Crippen MR) is 83.8 cm³/mol. The number of aliphatic hydroxyl groups is 1. The number of nitrogens with two attached hydrogens (primary N) is 1. The lowest BCUT2D eigenvalue weighted by molar-refractivity contribution is 0.198. The van der Waals surface area contributed by atoms with Gasteiger partial charge in [0, 0.05) is 11.6 Å². The minimum Gasteiger partial charge on any atom is -0.399 e. The molecule has 0 amide bonds. The number of rotatable bonds is 3. The number of nitrogens with zero attached hydrogens (tertiary/aromatic N) is 1. The van der Waals surface area contributed by atoms with Crippen LogP contribution >= 0.6 is 11.3 Å². The number of benzene rings is 1. The second kappa shape index (κ2) is 5.54. The van der Waals surface area contributed by atoms with E-state index in [0.29, 0.717) is 5.92 Å². The molecule has 0 radical (unpaired) electrons. The third-order valence-electron chi connectivity index (χ3n) is 3.94. The van der Waals surface area contributed by atoms with Crippen LogP contribution < -0.4 is 5.73 Å². The van der Waals surface area contributed by atoms with Gasteiger partial charge in [0.1, 0.15) is 11.1 Å². The van der Waals surface area contributed by atoms with Gasteiger partial charge >= 0.3 is 0 Å². The summed E-state index contributed by atoms with van der Waals surface area (Å²) >= 11 is 1.61. The summed E-state index contributed by atoms with van der Waals surface area (Å²) in [6, 6.07) is 7.95. The first-order valence-corrected chi connectivity index (χ1v) is 8.01. The Balaban J connectivity index is 2.05. The molecule has 1 fully saturated rings. The fourth-order valence-electron chi connectivity index (χ4n) is 2.85. The molecule has 0 aliphatic heterocycles. The van der Waals surface area contributed by atoms with Crippen LogP contribution in [0.5, 0.6) is 0 Å². The number of aromatic nitrogens is 1. The van der Waals surface area contributed by atoms with Crippen molar-refractivity contribution in [2.45, 2.75) is 44.6 Å². The molecule has 1 heterocycles. The van der Waals surface area contributed by atoms with Crippen molar-refractivity contribution < 1.29 is 5.11 Å². The minimum absolute atomic E-state index is 0.498. The lowest BCUT2D eigenvalue weighted by Crippen LogP contribution is -1.97. The summed E-state index contributed by atoms with van der Waals surface area (Å²) in [6.45, 7) is 1.78. The van der Waals surface area contributed by atoms with E-state index < -0.39 is 6.10 Å². The van der Waals surface area contributed by atoms with Crippen LogP contribution in [0.25, 0.3) is 10.4 Å². The molecular weight excluding hydrogens is 268 g/mol. The Morgan fingerprint density at radius 1 is 1.25 bits per heavy atom. The van der Waals surface area contributed by atoms with Crippen LogP contribution in [0.1, 0.15) is 55.3 Å². The maximum absolute atomic E-state index is 9.82. The van der Waals surface area contributed by atoms with Gasteiger partial charge in [-0.3, -0.25) is 0 Å². The first-order valence-electron chi connectivity index (χ1n) is 7.19. The SMILES string of the molecule is C[C@H](O)c1nc(C2CCCC2)c(-c2ccc(N)cc2)s1. The van der Waals surface area contributed by atoms with E-state index in [-0.39, 0.29) is 0 Å². The smallest absolute Gasteiger partial charge is 0.122 e. The molecule has 0 unspecified atom stereocenters. The number of aliphatic hydroxyl groups excluding tert-OH is 1. The highest BCUT2D eigenvalue weighted by atomic mass is 32.1. The predicted octanol–water partition coefficient (Wildman–Crippen LogP) is 4.10. The number of hydrogen-bond donors (Lipinski definition) is 2. The van der Waals surface area contributed by atoms with Gasteiger partial charge in [-0.15, -0.1) is 11.3 Å². The lowest BCUT2D eigenvalue weighted by atomic mass is 10.00. The van der Waals surface area contributed by atoms with Crippen molar-refractivity contribution in [2.75, 3.05) is 5.73 Å². The number of nitrogen functional groups attached to an aromatic ring is 1. The van der Waals surface area contributed by atoms with Gasteiger partial charge < -0.3 is 10.8 Å². The molecule has 2 aromatic rings. The average molecular weight is 288 g/mol. The largest absolute Gasteiger partial charge is 0.399 e. The first-order chi connectivity index (χ1) is 9.65. The molecule has 1 aliphatic carbocycles. The fourth-order valence-corrected chi connectivity index (χ4v) is 3.94. The van der Waals surface area contributed by atoms with Gasteiger partial charge in [-0.25, -0.2) is 4.98 Å². The Hall–Kier alpha value is -1.39. The fraction of sp³-hybridized carbons (Fsp3) is 0.438. The topological polar surface area (TPSA) is 59.1 Å². The third kappa shape index (κ3) is 2.58. The number of anilines is 1. The quantitative estimate of drug-likeness (QED) is 0.836. The summed E-state index contributed by atoms with van der Waals surface area (Å²) in [6.07, 6.45) is 4.50. The molecule has 4 heteroatoms. The summed E-state index contributed by atoms with van der Waals surface area (Å²) < 4.78 is 0. The summed E-state index contributed by atoms with van der Waals surface area (Å²) in [5.41, 5.74) is 8.87. The maximum Gasteiger partial charge on any atom is 0.122 e. The third-order valence-corrected chi connectivity index (χ3v) is 5.23. The van der Waals surface area contributed by atoms with Gasteiger partial charge in [-0.05, 0) is 37.5 Å². The highest BCUT2D eigenvalue weighted by molar-refractivity contribution is 7.15. The zero-order valence-electron chi connectivity index (χ0n) is 11.7. The monoisotopic (exact) mass is 288 g/mol. The normalized spacial score (nSPS) is 17.5. The molecule has 3 N–H and O–H groups in total. The van der Waals surface area contributed by atoms with E-state index in [1.165, 1.54) is 36.3 Å². The second-order valence-corrected chi connectivity index (χ2v) is 6.58. The van der Waals surface area contributed by atoms with Crippen molar-refractivity contribution in [2.24, 2.45) is 0 Å². The first kappa shape index (κ1) is 13.6. The van der Waals surface area contributed by atoms with Gasteiger partial charge in [0.25, 0.3) is 0 Å². The number of hydrogen-bond acceptors (Lipinski definition) is 4. The van der Waals surface area contributed by atoms with Crippen molar-refractivity contribution in [3.63, 3.8) is 0 Å². The van der Waals surface area contributed by atoms with Crippen molar-refractivity contribution in [3.8, 4) is 10.4 Å². The van der Waals surface area contributed by atoms with Gasteiger partial charge in [0.05, 0.1) is 10.6 Å². The van der Waals surface area contributed by atoms with E-state index in [4.69, 9.17) is 10.7 Å². The van der Waals surface area contributed by atoms with Crippen molar-refractivity contribution in [3.05, 3.63) is 35.0 Å². The Kier molecular flexibility index (Phi) is 3.76. The standard InChI is InChI=1S/C16H20N2OS/c1-10(19)16-18-14(11-4-2-3-5-11)15(20-16)12-6-8-13(17)9-7-12/h6-11,19H,2-5,17H2,1H3/t10-/m0/s1. The van der Waals surface area contributed by atoms with E-state index >= 15 is 0 Å². The lowest BCUT2D eigenvalue weighted by Gasteiger charge is -2.09. The van der Waals surface area contributed by atoms with Crippen LogP contribution in [0.2, 0.25) is 0 Å². The zero-order valence-corrected chi connectivity index (χ0v) is 12.5. The second-order valence-electron chi connectivity index (χ2n) is 5.55. The summed E-state index contributed by atoms with van der Waals surface area (Å²) in [7, 11) is 0. The molecule has 3 nitrogen and oxygen atoms in total. The Morgan fingerprint density at radius 2 is 1.90 bits per heavy atom. The molecule has 0 bridgehead atoms. The van der Waals surface area contributed by atoms with E-state index in [9.17, 15) is 5.11 Å². The van der Waals surface area contributed by atoms with E-state index in [1.807, 2.05) is 24.3 Å². The Labute approximate surface area is 123 Å². The summed E-state index contributed by atoms with van der Waals surface area (Å²) in [5.74, 6) is 0.548. The molecule has 1 aromatic carbocycles. The molecule has 20 heavy (non-hydrogen) atoms. The van der Waals surface area contributed by atoms with Crippen LogP contribution in [0.15, 0.2) is 24.3 Å². The molecule has 0 spiro atoms. The Bertz CT molecular complexity index is 583.